The van der Waals surface area contributed by atoms with Crippen LogP contribution in [0.2, 0.25) is 0 Å². The number of nitriles is 1. The quantitative estimate of drug-likeness (QED) is 0.0493. The molecule has 2 saturated heterocycles. The summed E-state index contributed by atoms with van der Waals surface area (Å²) in [6, 6.07) is 23.0. The fourth-order valence-electron chi connectivity index (χ4n) is 6.19. The number of hydrogen-bond acceptors (Lipinski definition) is 11. The van der Waals surface area contributed by atoms with E-state index in [4.69, 9.17) is 35.0 Å². The van der Waals surface area contributed by atoms with Gasteiger partial charge in [-0.15, -0.1) is 0 Å². The summed E-state index contributed by atoms with van der Waals surface area (Å²) in [4.78, 5) is 53.3. The topological polar surface area (TPSA) is 152 Å². The van der Waals surface area contributed by atoms with Crippen LogP contribution in [0, 0.1) is 17.9 Å². The van der Waals surface area contributed by atoms with Crippen LogP contribution in [0.5, 0.6) is 11.5 Å². The zero-order valence-corrected chi connectivity index (χ0v) is 29.6. The van der Waals surface area contributed by atoms with E-state index in [9.17, 15) is 24.4 Å². The first kappa shape index (κ1) is 37.4. The van der Waals surface area contributed by atoms with Gasteiger partial charge in [-0.25, -0.2) is 9.64 Å². The van der Waals surface area contributed by atoms with Crippen LogP contribution in [-0.4, -0.2) is 61.5 Å². The van der Waals surface area contributed by atoms with Crippen LogP contribution >= 0.6 is 0 Å². The van der Waals surface area contributed by atoms with Gasteiger partial charge in [0.2, 0.25) is 0 Å². The highest BCUT2D eigenvalue weighted by Crippen LogP contribution is 2.32. The van der Waals surface area contributed by atoms with Crippen LogP contribution in [0.15, 0.2) is 84.1 Å². The largest absolute Gasteiger partial charge is 0.462 e. The molecule has 0 amide bonds. The lowest BCUT2D eigenvalue weighted by Gasteiger charge is -2.17. The first-order chi connectivity index (χ1) is 26.2. The van der Waals surface area contributed by atoms with Crippen molar-refractivity contribution in [3.63, 3.8) is 0 Å². The van der Waals surface area contributed by atoms with Gasteiger partial charge < -0.3 is 28.4 Å². The van der Waals surface area contributed by atoms with E-state index in [1.807, 2.05) is 19.9 Å². The number of benzene rings is 4. The number of carbonyl (C=O) groups excluding carboxylic acids is 4. The molecule has 12 nitrogen and oxygen atoms in total. The summed E-state index contributed by atoms with van der Waals surface area (Å²) in [5, 5.41) is 13.1. The normalized spacial score (nSPS) is 19.4. The second-order valence-corrected chi connectivity index (χ2v) is 12.8. The SMILES string of the molecule is [C-]#[N+]/C(=C\c1ccc2cc(OC(=O)CCC)ccc2c1)C(=O)O[C@@H]1CO[C@H]2[C@@H]1OC[C@@H]2OC(=O)/C(C#N)=C/c1ccc2cc(OC(=O)CCC)ccc2c1. The van der Waals surface area contributed by atoms with Gasteiger partial charge in [0.05, 0.1) is 19.8 Å². The van der Waals surface area contributed by atoms with Crippen molar-refractivity contribution in [2.45, 2.75) is 63.9 Å². The predicted octanol–water partition coefficient (Wildman–Crippen LogP) is 6.89. The van der Waals surface area contributed by atoms with E-state index in [2.05, 4.69) is 4.85 Å². The van der Waals surface area contributed by atoms with Crippen molar-refractivity contribution in [1.82, 2.24) is 0 Å². The number of hydrogen-bond donors (Lipinski definition) is 0. The Hall–Kier alpha value is -6.34. The lowest BCUT2D eigenvalue weighted by atomic mass is 10.0. The first-order valence-electron chi connectivity index (χ1n) is 17.5. The van der Waals surface area contributed by atoms with Gasteiger partial charge in [-0.3, -0.25) is 14.4 Å². The van der Waals surface area contributed by atoms with E-state index < -0.39 is 36.4 Å². The van der Waals surface area contributed by atoms with Crippen molar-refractivity contribution < 1.29 is 47.6 Å². The minimum absolute atomic E-state index is 0.0426. The lowest BCUT2D eigenvalue weighted by molar-refractivity contribution is -0.150. The molecule has 4 atom stereocenters. The molecule has 2 aliphatic heterocycles. The molecule has 4 aromatic carbocycles. The minimum Gasteiger partial charge on any atom is -0.462 e. The smallest absolute Gasteiger partial charge is 0.349 e. The van der Waals surface area contributed by atoms with Crippen LogP contribution < -0.4 is 9.47 Å². The van der Waals surface area contributed by atoms with E-state index in [0.29, 0.717) is 48.3 Å². The monoisotopic (exact) mass is 728 g/mol. The second-order valence-electron chi connectivity index (χ2n) is 12.8. The average molecular weight is 729 g/mol. The Bertz CT molecular complexity index is 2100. The molecule has 2 heterocycles. The predicted molar refractivity (Wildman–Crippen MR) is 196 cm³/mol. The maximum absolute atomic E-state index is 13.1. The summed E-state index contributed by atoms with van der Waals surface area (Å²) in [5.41, 5.74) is 0.690. The Morgan fingerprint density at radius 3 is 1.67 bits per heavy atom. The van der Waals surface area contributed by atoms with Gasteiger partial charge in [0.25, 0.3) is 5.70 Å². The molecule has 274 valence electrons. The van der Waals surface area contributed by atoms with Gasteiger partial charge in [-0.1, -0.05) is 50.2 Å². The Kier molecular flexibility index (Phi) is 11.8. The molecule has 0 radical (unpaired) electrons. The van der Waals surface area contributed by atoms with Gasteiger partial charge in [0, 0.05) is 12.8 Å². The standard InChI is InChI=1S/C42H36N2O10/c1-4-6-37(45)51-32-14-12-27-16-25(8-10-29(27)20-32)18-31(22-43)41(47)53-35-23-49-40-36(24-50-39(35)40)54-42(48)34(44-3)19-26-9-11-30-21-33(15-13-28(30)17-26)52-38(46)7-5-2/h8-21,35-36,39-40H,4-7,23-24H2,1-2H3/b31-18+,34-19-/t35-,36+,39+,40+/m0/s1. The van der Waals surface area contributed by atoms with Gasteiger partial charge >= 0.3 is 23.9 Å². The summed E-state index contributed by atoms with van der Waals surface area (Å²) >= 11 is 0. The third-order valence-electron chi connectivity index (χ3n) is 8.81. The van der Waals surface area contributed by atoms with Crippen molar-refractivity contribution in [3.8, 4) is 17.6 Å². The molecule has 0 N–H and O–H groups in total. The van der Waals surface area contributed by atoms with E-state index in [-0.39, 0.29) is 36.4 Å². The highest BCUT2D eigenvalue weighted by Gasteiger charge is 2.51. The molecule has 0 aromatic heterocycles. The molecule has 6 rings (SSSR count). The molecule has 2 aliphatic rings. The molecule has 4 aromatic rings. The van der Waals surface area contributed by atoms with Crippen molar-refractivity contribution in [2.24, 2.45) is 0 Å². The fourth-order valence-corrected chi connectivity index (χ4v) is 6.19. The van der Waals surface area contributed by atoms with E-state index in [0.717, 1.165) is 21.5 Å². The van der Waals surface area contributed by atoms with Crippen LogP contribution in [0.25, 0.3) is 38.5 Å². The molecule has 0 unspecified atom stereocenters. The van der Waals surface area contributed by atoms with E-state index in [1.54, 1.807) is 72.8 Å². The van der Waals surface area contributed by atoms with Crippen molar-refractivity contribution in [2.75, 3.05) is 13.2 Å². The molecule has 0 aliphatic carbocycles. The van der Waals surface area contributed by atoms with Crippen molar-refractivity contribution >= 4 is 57.6 Å². The Labute approximate surface area is 311 Å². The molecular formula is C42H36N2O10. The molecule has 2 fully saturated rings. The molecule has 54 heavy (non-hydrogen) atoms. The molecule has 12 heteroatoms. The van der Waals surface area contributed by atoms with Gasteiger partial charge in [-0.2, -0.15) is 5.26 Å². The average Bonchev–Trinajstić information content (AvgIpc) is 3.75. The highest BCUT2D eigenvalue weighted by molar-refractivity contribution is 5.99. The number of ether oxygens (including phenoxy) is 6. The van der Waals surface area contributed by atoms with Gasteiger partial charge in [-0.05, 0) is 94.1 Å². The van der Waals surface area contributed by atoms with Crippen LogP contribution in [0.3, 0.4) is 0 Å². The van der Waals surface area contributed by atoms with Gasteiger partial charge in [0.15, 0.2) is 12.2 Å². The van der Waals surface area contributed by atoms with E-state index in [1.165, 1.54) is 12.2 Å². The summed E-state index contributed by atoms with van der Waals surface area (Å²) in [7, 11) is 0. The van der Waals surface area contributed by atoms with Crippen LogP contribution in [-0.2, 0) is 38.1 Å². The summed E-state index contributed by atoms with van der Waals surface area (Å²) < 4.78 is 33.6. The summed E-state index contributed by atoms with van der Waals surface area (Å²) in [6.45, 7) is 11.3. The number of rotatable bonds is 12. The fraction of sp³-hybridized carbons (Fsp3) is 0.286. The minimum atomic E-state index is -0.864. The van der Waals surface area contributed by atoms with Gasteiger partial charge in [0.1, 0.15) is 35.3 Å². The number of nitrogens with zero attached hydrogens (tertiary/aromatic N) is 2. The lowest BCUT2D eigenvalue weighted by Crippen LogP contribution is -2.36. The third-order valence-corrected chi connectivity index (χ3v) is 8.81. The number of esters is 4. The van der Waals surface area contributed by atoms with Crippen molar-refractivity contribution in [3.05, 3.63) is 107 Å². The number of carbonyl (C=O) groups is 4. The van der Waals surface area contributed by atoms with E-state index >= 15 is 0 Å². The Balaban J connectivity index is 1.06. The van der Waals surface area contributed by atoms with Crippen LogP contribution in [0.1, 0.15) is 50.7 Å². The Morgan fingerprint density at radius 1 is 0.722 bits per heavy atom. The maximum Gasteiger partial charge on any atom is 0.349 e. The summed E-state index contributed by atoms with van der Waals surface area (Å²) in [6.07, 6.45) is 1.64. The first-order valence-corrected chi connectivity index (χ1v) is 17.5. The Morgan fingerprint density at radius 2 is 1.19 bits per heavy atom. The zero-order chi connectivity index (χ0) is 38.2. The number of fused-ring (bicyclic) bond motifs is 3. The van der Waals surface area contributed by atoms with Crippen molar-refractivity contribution in [1.29, 1.82) is 5.26 Å². The highest BCUT2D eigenvalue weighted by atomic mass is 16.7. The molecule has 0 bridgehead atoms. The summed E-state index contributed by atoms with van der Waals surface area (Å²) in [5.74, 6) is -1.47. The molecular weight excluding hydrogens is 692 g/mol. The zero-order valence-electron chi connectivity index (χ0n) is 29.6. The molecule has 0 saturated carbocycles. The second kappa shape index (κ2) is 17.0. The molecule has 0 spiro atoms. The third kappa shape index (κ3) is 8.81. The maximum atomic E-state index is 13.1. The van der Waals surface area contributed by atoms with Crippen LogP contribution in [0.4, 0.5) is 0 Å².